The van der Waals surface area contributed by atoms with Crippen molar-refractivity contribution in [2.24, 2.45) is 0 Å². The summed E-state index contributed by atoms with van der Waals surface area (Å²) in [5, 5.41) is 15.1. The number of aromatic nitrogens is 2. The maximum atomic E-state index is 12.9. The molecule has 0 atom stereocenters. The summed E-state index contributed by atoms with van der Waals surface area (Å²) in [4.78, 5) is 12.2. The number of hydrogen-bond donors (Lipinski definition) is 1. The van der Waals surface area contributed by atoms with Gasteiger partial charge in [-0.05, 0) is 36.7 Å². The van der Waals surface area contributed by atoms with Crippen LogP contribution in [0, 0.1) is 24.1 Å². The number of nitrogens with one attached hydrogen (secondary N) is 1. The van der Waals surface area contributed by atoms with Gasteiger partial charge in [-0.15, -0.1) is 5.10 Å². The van der Waals surface area contributed by atoms with Crippen molar-refractivity contribution in [2.75, 3.05) is 5.32 Å². The first-order valence-corrected chi connectivity index (χ1v) is 5.69. The van der Waals surface area contributed by atoms with Crippen LogP contribution in [0.5, 0.6) is 0 Å². The van der Waals surface area contributed by atoms with Gasteiger partial charge in [0.05, 0.1) is 16.9 Å². The lowest BCUT2D eigenvalue weighted by Gasteiger charge is -2.05. The standard InChI is InChI=1S/C11H7FN4OS/c1-6-10(18-16-15-6)11(17)14-9-3-2-8(12)4-7(9)5-13/h2-4H,1H3,(H,14,17). The molecule has 1 aromatic carbocycles. The van der Waals surface area contributed by atoms with Crippen molar-refractivity contribution in [1.82, 2.24) is 9.59 Å². The second-order valence-corrected chi connectivity index (χ2v) is 4.20. The molecule has 1 N–H and O–H groups in total. The minimum absolute atomic E-state index is 0.0680. The first-order valence-electron chi connectivity index (χ1n) is 4.92. The molecule has 0 aliphatic rings. The number of carbonyl (C=O) groups is 1. The van der Waals surface area contributed by atoms with Gasteiger partial charge in [-0.25, -0.2) is 4.39 Å². The van der Waals surface area contributed by atoms with E-state index in [2.05, 4.69) is 14.9 Å². The third-order valence-electron chi connectivity index (χ3n) is 2.21. The molecule has 0 saturated heterocycles. The predicted octanol–water partition coefficient (Wildman–Crippen LogP) is 2.11. The smallest absolute Gasteiger partial charge is 0.269 e. The van der Waals surface area contributed by atoms with E-state index in [1.165, 1.54) is 12.1 Å². The molecule has 0 spiro atoms. The second kappa shape index (κ2) is 4.89. The largest absolute Gasteiger partial charge is 0.320 e. The van der Waals surface area contributed by atoms with Gasteiger partial charge in [-0.3, -0.25) is 4.79 Å². The third kappa shape index (κ3) is 2.33. The molecule has 2 rings (SSSR count). The Hall–Kier alpha value is -2.33. The van der Waals surface area contributed by atoms with Crippen molar-refractivity contribution >= 4 is 23.1 Å². The lowest BCUT2D eigenvalue weighted by Crippen LogP contribution is -2.12. The third-order valence-corrected chi connectivity index (χ3v) is 3.03. The van der Waals surface area contributed by atoms with Crippen LogP contribution in [-0.4, -0.2) is 15.5 Å². The molecular weight excluding hydrogens is 255 g/mol. The quantitative estimate of drug-likeness (QED) is 0.899. The zero-order valence-corrected chi connectivity index (χ0v) is 10.1. The van der Waals surface area contributed by atoms with E-state index < -0.39 is 11.7 Å². The van der Waals surface area contributed by atoms with Crippen LogP contribution in [0.2, 0.25) is 0 Å². The molecule has 1 heterocycles. The zero-order chi connectivity index (χ0) is 13.1. The molecule has 90 valence electrons. The highest BCUT2D eigenvalue weighted by atomic mass is 32.1. The molecule has 0 radical (unpaired) electrons. The molecular formula is C11H7FN4OS. The highest BCUT2D eigenvalue weighted by molar-refractivity contribution is 7.08. The molecule has 0 bridgehead atoms. The Bertz CT molecular complexity index is 647. The fourth-order valence-electron chi connectivity index (χ4n) is 1.34. The van der Waals surface area contributed by atoms with Crippen molar-refractivity contribution in [3.63, 3.8) is 0 Å². The molecule has 0 aliphatic carbocycles. The van der Waals surface area contributed by atoms with Crippen LogP contribution in [0.4, 0.5) is 10.1 Å². The van der Waals surface area contributed by atoms with Crippen LogP contribution < -0.4 is 5.32 Å². The average Bonchev–Trinajstić information content (AvgIpc) is 2.77. The van der Waals surface area contributed by atoms with Crippen LogP contribution in [-0.2, 0) is 0 Å². The lowest BCUT2D eigenvalue weighted by atomic mass is 10.2. The van der Waals surface area contributed by atoms with E-state index in [1.807, 2.05) is 6.07 Å². The highest BCUT2D eigenvalue weighted by Crippen LogP contribution is 2.18. The number of nitrogens with zero attached hydrogens (tertiary/aromatic N) is 3. The molecule has 0 unspecified atom stereocenters. The van der Waals surface area contributed by atoms with Crippen molar-refractivity contribution in [1.29, 1.82) is 5.26 Å². The average molecular weight is 262 g/mol. The number of carbonyl (C=O) groups excluding carboxylic acids is 1. The minimum atomic E-state index is -0.528. The van der Waals surface area contributed by atoms with E-state index in [-0.39, 0.29) is 11.3 Å². The maximum Gasteiger partial charge on any atom is 0.269 e. The molecule has 1 aromatic heterocycles. The SMILES string of the molecule is Cc1nnsc1C(=O)Nc1ccc(F)cc1C#N. The Morgan fingerprint density at radius 3 is 2.94 bits per heavy atom. The van der Waals surface area contributed by atoms with Crippen molar-refractivity contribution in [2.45, 2.75) is 6.92 Å². The zero-order valence-electron chi connectivity index (χ0n) is 9.27. The summed E-state index contributed by atoms with van der Waals surface area (Å²) in [6.07, 6.45) is 0. The fraction of sp³-hybridized carbons (Fsp3) is 0.0909. The second-order valence-electron chi connectivity index (χ2n) is 3.44. The Balaban J connectivity index is 2.28. The number of aryl methyl sites for hydroxylation is 1. The van der Waals surface area contributed by atoms with Gasteiger partial charge in [-0.1, -0.05) is 4.49 Å². The van der Waals surface area contributed by atoms with Gasteiger partial charge >= 0.3 is 0 Å². The summed E-state index contributed by atoms with van der Waals surface area (Å²) >= 11 is 0.963. The van der Waals surface area contributed by atoms with E-state index in [0.29, 0.717) is 10.6 Å². The molecule has 2 aromatic rings. The monoisotopic (exact) mass is 262 g/mol. The first-order chi connectivity index (χ1) is 8.61. The summed E-state index contributed by atoms with van der Waals surface area (Å²) in [5.41, 5.74) is 0.841. The van der Waals surface area contributed by atoms with Gasteiger partial charge in [0.2, 0.25) is 0 Å². The molecule has 0 saturated carbocycles. The Labute approximate surface area is 106 Å². The van der Waals surface area contributed by atoms with E-state index in [4.69, 9.17) is 5.26 Å². The topological polar surface area (TPSA) is 78.7 Å². The molecule has 0 fully saturated rings. The summed E-state index contributed by atoms with van der Waals surface area (Å²) in [6.45, 7) is 1.66. The van der Waals surface area contributed by atoms with Crippen molar-refractivity contribution in [3.8, 4) is 6.07 Å². The number of rotatable bonds is 2. The number of nitriles is 1. The Kier molecular flexibility index (Phi) is 3.30. The first kappa shape index (κ1) is 12.1. The summed E-state index contributed by atoms with van der Waals surface area (Å²) in [5.74, 6) is -0.939. The molecule has 7 heteroatoms. The number of anilines is 1. The summed E-state index contributed by atoms with van der Waals surface area (Å²) in [7, 11) is 0. The summed E-state index contributed by atoms with van der Waals surface area (Å²) in [6, 6.07) is 5.40. The van der Waals surface area contributed by atoms with Gasteiger partial charge in [0.1, 0.15) is 16.8 Å². The van der Waals surface area contributed by atoms with Gasteiger partial charge in [0.25, 0.3) is 5.91 Å². The maximum absolute atomic E-state index is 12.9. The van der Waals surface area contributed by atoms with Crippen molar-refractivity contribution in [3.05, 3.63) is 40.2 Å². The van der Waals surface area contributed by atoms with Gasteiger partial charge in [0.15, 0.2) is 0 Å². The fourth-order valence-corrected chi connectivity index (χ4v) is 1.89. The van der Waals surface area contributed by atoms with Crippen LogP contribution in [0.15, 0.2) is 18.2 Å². The molecule has 5 nitrogen and oxygen atoms in total. The van der Waals surface area contributed by atoms with Crippen LogP contribution in [0.3, 0.4) is 0 Å². The number of halogens is 1. The van der Waals surface area contributed by atoms with E-state index >= 15 is 0 Å². The summed E-state index contributed by atoms with van der Waals surface area (Å²) < 4.78 is 16.6. The Morgan fingerprint density at radius 2 is 2.33 bits per heavy atom. The molecule has 0 aliphatic heterocycles. The van der Waals surface area contributed by atoms with Gasteiger partial charge in [0, 0.05) is 0 Å². The van der Waals surface area contributed by atoms with Gasteiger partial charge < -0.3 is 5.32 Å². The van der Waals surface area contributed by atoms with E-state index in [9.17, 15) is 9.18 Å². The van der Waals surface area contributed by atoms with Crippen LogP contribution in [0.1, 0.15) is 20.9 Å². The number of benzene rings is 1. The van der Waals surface area contributed by atoms with Crippen molar-refractivity contribution < 1.29 is 9.18 Å². The van der Waals surface area contributed by atoms with Crippen LogP contribution >= 0.6 is 11.5 Å². The lowest BCUT2D eigenvalue weighted by molar-refractivity contribution is 0.102. The molecule has 1 amide bonds. The van der Waals surface area contributed by atoms with E-state index in [0.717, 1.165) is 17.6 Å². The number of hydrogen-bond acceptors (Lipinski definition) is 5. The molecule has 18 heavy (non-hydrogen) atoms. The van der Waals surface area contributed by atoms with Crippen LogP contribution in [0.25, 0.3) is 0 Å². The van der Waals surface area contributed by atoms with Gasteiger partial charge in [-0.2, -0.15) is 5.26 Å². The predicted molar refractivity (Wildman–Crippen MR) is 63.7 cm³/mol. The van der Waals surface area contributed by atoms with E-state index in [1.54, 1.807) is 6.92 Å². The minimum Gasteiger partial charge on any atom is -0.320 e. The normalized spacial score (nSPS) is 9.83. The Morgan fingerprint density at radius 1 is 1.56 bits per heavy atom. The number of amides is 1. The highest BCUT2D eigenvalue weighted by Gasteiger charge is 2.15.